The molecule has 0 atom stereocenters. The van der Waals surface area contributed by atoms with Crippen molar-refractivity contribution in [2.24, 2.45) is 0 Å². The number of rotatable bonds is 4. The summed E-state index contributed by atoms with van der Waals surface area (Å²) in [7, 11) is 1.66. The lowest BCUT2D eigenvalue weighted by atomic mass is 10.2. The molecule has 0 rings (SSSR count). The van der Waals surface area contributed by atoms with Gasteiger partial charge in [-0.15, -0.1) is 0 Å². The van der Waals surface area contributed by atoms with E-state index in [1.807, 2.05) is 25.2 Å². The van der Waals surface area contributed by atoms with Crippen LogP contribution in [0.3, 0.4) is 0 Å². The predicted molar refractivity (Wildman–Crippen MR) is 49.3 cm³/mol. The van der Waals surface area contributed by atoms with E-state index >= 15 is 0 Å². The topological polar surface area (TPSA) is 9.23 Å². The van der Waals surface area contributed by atoms with Crippen LogP contribution in [0.25, 0.3) is 0 Å². The van der Waals surface area contributed by atoms with Crippen molar-refractivity contribution in [1.29, 1.82) is 0 Å². The highest BCUT2D eigenvalue weighted by molar-refractivity contribution is 5.19. The van der Waals surface area contributed by atoms with Gasteiger partial charge < -0.3 is 4.74 Å². The third-order valence-electron chi connectivity index (χ3n) is 1.44. The van der Waals surface area contributed by atoms with E-state index in [-0.39, 0.29) is 0 Å². The molecule has 0 amide bonds. The number of hydrogen-bond donors (Lipinski definition) is 0. The van der Waals surface area contributed by atoms with Crippen LogP contribution in [0.5, 0.6) is 0 Å². The van der Waals surface area contributed by atoms with Crippen molar-refractivity contribution >= 4 is 0 Å². The minimum absolute atomic E-state index is 0.908. The van der Waals surface area contributed by atoms with Crippen LogP contribution < -0.4 is 0 Å². The summed E-state index contributed by atoms with van der Waals surface area (Å²) >= 11 is 0. The van der Waals surface area contributed by atoms with Crippen molar-refractivity contribution in [2.75, 3.05) is 7.11 Å². The lowest BCUT2D eigenvalue weighted by molar-refractivity contribution is 0.294. The molecule has 0 bridgehead atoms. The second-order valence-corrected chi connectivity index (χ2v) is 2.35. The van der Waals surface area contributed by atoms with Crippen LogP contribution in [0.4, 0.5) is 0 Å². The third kappa shape index (κ3) is 5.46. The zero-order valence-electron chi connectivity index (χ0n) is 7.55. The molecule has 0 aromatic heterocycles. The van der Waals surface area contributed by atoms with Crippen molar-refractivity contribution in [3.05, 3.63) is 36.1 Å². The molecule has 0 aliphatic carbocycles. The number of hydrogen-bond acceptors (Lipinski definition) is 1. The van der Waals surface area contributed by atoms with Crippen molar-refractivity contribution in [3.8, 4) is 0 Å². The average molecular weight is 152 g/mol. The van der Waals surface area contributed by atoms with E-state index in [2.05, 4.69) is 13.5 Å². The summed E-state index contributed by atoms with van der Waals surface area (Å²) in [5, 5.41) is 0. The summed E-state index contributed by atoms with van der Waals surface area (Å²) in [5.41, 5.74) is 1.13. The maximum atomic E-state index is 4.95. The fraction of sp³-hybridized carbons (Fsp3) is 0.400. The van der Waals surface area contributed by atoms with Gasteiger partial charge >= 0.3 is 0 Å². The molecule has 0 N–H and O–H groups in total. The van der Waals surface area contributed by atoms with E-state index < -0.39 is 0 Å². The van der Waals surface area contributed by atoms with Gasteiger partial charge in [-0.2, -0.15) is 0 Å². The first-order valence-electron chi connectivity index (χ1n) is 3.77. The summed E-state index contributed by atoms with van der Waals surface area (Å²) in [6, 6.07) is 0. The van der Waals surface area contributed by atoms with Crippen LogP contribution in [-0.2, 0) is 4.74 Å². The van der Waals surface area contributed by atoms with Crippen LogP contribution in [0.2, 0.25) is 0 Å². The van der Waals surface area contributed by atoms with E-state index in [1.54, 1.807) is 7.11 Å². The third-order valence-corrected chi connectivity index (χ3v) is 1.44. The Morgan fingerprint density at radius 3 is 2.64 bits per heavy atom. The Kier molecular flexibility index (Phi) is 5.26. The second-order valence-electron chi connectivity index (χ2n) is 2.35. The van der Waals surface area contributed by atoms with E-state index in [0.29, 0.717) is 0 Å². The fourth-order valence-corrected chi connectivity index (χ4v) is 0.506. The number of allylic oxidation sites excluding steroid dienone is 5. The molecule has 1 nitrogen and oxygen atoms in total. The molecule has 0 aromatic carbocycles. The Morgan fingerprint density at radius 1 is 1.55 bits per heavy atom. The normalized spacial score (nSPS) is 12.1. The van der Waals surface area contributed by atoms with E-state index in [9.17, 15) is 0 Å². The maximum Gasteiger partial charge on any atom is 0.0924 e. The quantitative estimate of drug-likeness (QED) is 0.444. The summed E-state index contributed by atoms with van der Waals surface area (Å²) < 4.78 is 4.95. The van der Waals surface area contributed by atoms with Gasteiger partial charge in [0.15, 0.2) is 0 Å². The molecule has 11 heavy (non-hydrogen) atoms. The van der Waals surface area contributed by atoms with Crippen molar-refractivity contribution in [3.63, 3.8) is 0 Å². The molecule has 0 saturated carbocycles. The van der Waals surface area contributed by atoms with Crippen LogP contribution in [0, 0.1) is 0 Å². The molecule has 0 unspecified atom stereocenters. The molecular weight excluding hydrogens is 136 g/mol. The van der Waals surface area contributed by atoms with Gasteiger partial charge in [0.1, 0.15) is 0 Å². The highest BCUT2D eigenvalue weighted by atomic mass is 16.5. The molecule has 0 aromatic rings. The van der Waals surface area contributed by atoms with Gasteiger partial charge in [0.25, 0.3) is 0 Å². The summed E-state index contributed by atoms with van der Waals surface area (Å²) in [6.07, 6.45) is 6.85. The van der Waals surface area contributed by atoms with Crippen LogP contribution in [-0.4, -0.2) is 7.11 Å². The Hall–Kier alpha value is -0.980. The summed E-state index contributed by atoms with van der Waals surface area (Å²) in [4.78, 5) is 0. The summed E-state index contributed by atoms with van der Waals surface area (Å²) in [5.74, 6) is 0.908. The first-order valence-corrected chi connectivity index (χ1v) is 3.77. The maximum absolute atomic E-state index is 4.95. The highest BCUT2D eigenvalue weighted by Gasteiger charge is 1.80. The number of methoxy groups -OCH3 is 1. The van der Waals surface area contributed by atoms with Crippen molar-refractivity contribution < 1.29 is 4.74 Å². The average Bonchev–Trinajstić information content (AvgIpc) is 2.04. The molecule has 1 heteroatoms. The first kappa shape index (κ1) is 10.0. The largest absolute Gasteiger partial charge is 0.501 e. The molecule has 62 valence electrons. The van der Waals surface area contributed by atoms with Crippen LogP contribution in [0.15, 0.2) is 36.1 Å². The zero-order valence-corrected chi connectivity index (χ0v) is 7.55. The monoisotopic (exact) mass is 152 g/mol. The van der Waals surface area contributed by atoms with E-state index in [0.717, 1.165) is 17.8 Å². The Labute approximate surface area is 69.1 Å². The molecule has 0 heterocycles. The molecule has 0 fully saturated rings. The molecule has 0 aliphatic heterocycles. The van der Waals surface area contributed by atoms with Gasteiger partial charge in [0, 0.05) is 0 Å². The number of ether oxygens (including phenoxy) is 1. The summed E-state index contributed by atoms with van der Waals surface area (Å²) in [6.45, 7) is 7.84. The molecule has 0 spiro atoms. The van der Waals surface area contributed by atoms with Crippen LogP contribution >= 0.6 is 0 Å². The smallest absolute Gasteiger partial charge is 0.0924 e. The van der Waals surface area contributed by atoms with Gasteiger partial charge in [0.2, 0.25) is 0 Å². The van der Waals surface area contributed by atoms with Gasteiger partial charge in [-0.3, -0.25) is 0 Å². The van der Waals surface area contributed by atoms with E-state index in [1.165, 1.54) is 0 Å². The lowest BCUT2D eigenvalue weighted by Gasteiger charge is -1.94. The standard InChI is InChI=1S/C10H16O/c1-5-9(2)7-6-8-10(3)11-4/h6-8H,2,5H2,1,3-4H3/b7-6-,10-8+. The molecular formula is C10H16O. The van der Waals surface area contributed by atoms with Crippen molar-refractivity contribution in [2.45, 2.75) is 20.3 Å². The predicted octanol–water partition coefficient (Wildman–Crippen LogP) is 3.06. The van der Waals surface area contributed by atoms with Crippen molar-refractivity contribution in [1.82, 2.24) is 0 Å². The van der Waals surface area contributed by atoms with Gasteiger partial charge in [0.05, 0.1) is 12.9 Å². The lowest BCUT2D eigenvalue weighted by Crippen LogP contribution is -1.76. The second kappa shape index (κ2) is 5.78. The Bertz CT molecular complexity index is 175. The zero-order chi connectivity index (χ0) is 8.69. The van der Waals surface area contributed by atoms with Gasteiger partial charge in [-0.1, -0.05) is 31.2 Å². The fourth-order valence-electron chi connectivity index (χ4n) is 0.506. The van der Waals surface area contributed by atoms with Gasteiger partial charge in [-0.25, -0.2) is 0 Å². The Morgan fingerprint density at radius 2 is 2.18 bits per heavy atom. The SMILES string of the molecule is C=C(/C=C\C=C(/C)OC)CC. The Balaban J connectivity index is 3.85. The molecule has 0 saturated heterocycles. The van der Waals surface area contributed by atoms with Gasteiger partial charge in [-0.05, 0) is 19.4 Å². The molecule has 0 aliphatic rings. The minimum Gasteiger partial charge on any atom is -0.501 e. The molecule has 0 radical (unpaired) electrons. The van der Waals surface area contributed by atoms with Crippen LogP contribution in [0.1, 0.15) is 20.3 Å². The van der Waals surface area contributed by atoms with E-state index in [4.69, 9.17) is 4.74 Å². The highest BCUT2D eigenvalue weighted by Crippen LogP contribution is 1.99. The first-order chi connectivity index (χ1) is 5.20. The minimum atomic E-state index is 0.908.